The van der Waals surface area contributed by atoms with Crippen LogP contribution < -0.4 is 5.32 Å². The minimum atomic E-state index is 0.719. The number of piperidine rings is 1. The summed E-state index contributed by atoms with van der Waals surface area (Å²) in [5.74, 6) is 1.48. The number of hydrogen-bond acceptors (Lipinski definition) is 2. The Balaban J connectivity index is 1.98. The average molecular weight is 185 g/mol. The van der Waals surface area contributed by atoms with E-state index in [1.807, 2.05) is 0 Å². The van der Waals surface area contributed by atoms with E-state index in [9.17, 15) is 0 Å². The molecule has 0 saturated carbocycles. The van der Waals surface area contributed by atoms with Crippen LogP contribution in [0.1, 0.15) is 33.1 Å². The van der Waals surface area contributed by atoms with Gasteiger partial charge in [0.1, 0.15) is 0 Å². The molecule has 1 heterocycles. The molecule has 1 rings (SSSR count). The monoisotopic (exact) mass is 185 g/mol. The van der Waals surface area contributed by atoms with Gasteiger partial charge in [0.05, 0.1) is 6.61 Å². The molecule has 0 bridgehead atoms. The molecule has 0 aromatic heterocycles. The van der Waals surface area contributed by atoms with Crippen LogP contribution in [-0.4, -0.2) is 26.3 Å². The Morgan fingerprint density at radius 1 is 1.54 bits per heavy atom. The highest BCUT2D eigenvalue weighted by Gasteiger charge is 2.12. The van der Waals surface area contributed by atoms with Crippen molar-refractivity contribution >= 4 is 0 Å². The second kappa shape index (κ2) is 6.39. The maximum Gasteiger partial charge on any atom is 0.0506 e. The fourth-order valence-electron chi connectivity index (χ4n) is 1.62. The van der Waals surface area contributed by atoms with Crippen molar-refractivity contribution in [3.05, 3.63) is 0 Å². The van der Waals surface area contributed by atoms with E-state index in [0.29, 0.717) is 0 Å². The molecule has 0 aromatic rings. The molecule has 0 amide bonds. The van der Waals surface area contributed by atoms with Crippen molar-refractivity contribution in [1.29, 1.82) is 0 Å². The van der Waals surface area contributed by atoms with Gasteiger partial charge in [0.25, 0.3) is 0 Å². The van der Waals surface area contributed by atoms with Gasteiger partial charge in [-0.15, -0.1) is 0 Å². The van der Waals surface area contributed by atoms with Crippen LogP contribution in [0.2, 0.25) is 0 Å². The predicted octanol–water partition coefficient (Wildman–Crippen LogP) is 2.05. The molecule has 1 N–H and O–H groups in total. The Hall–Kier alpha value is -0.0800. The predicted molar refractivity (Wildman–Crippen MR) is 55.9 cm³/mol. The molecule has 0 aliphatic carbocycles. The van der Waals surface area contributed by atoms with Crippen molar-refractivity contribution in [2.45, 2.75) is 33.1 Å². The summed E-state index contributed by atoms with van der Waals surface area (Å²) in [6.45, 7) is 8.71. The molecule has 78 valence electrons. The highest BCUT2D eigenvalue weighted by Crippen LogP contribution is 2.11. The lowest BCUT2D eigenvalue weighted by Crippen LogP contribution is -2.32. The summed E-state index contributed by atoms with van der Waals surface area (Å²) < 4.78 is 5.69. The van der Waals surface area contributed by atoms with E-state index in [2.05, 4.69) is 19.2 Å². The first-order valence-electron chi connectivity index (χ1n) is 5.61. The van der Waals surface area contributed by atoms with Crippen molar-refractivity contribution in [2.24, 2.45) is 11.8 Å². The molecule has 0 radical (unpaired) electrons. The standard InChI is InChI=1S/C11H23NO/c1-3-10(2)8-13-9-11-5-4-6-12-7-11/h10-12H,3-9H2,1-2H3. The van der Waals surface area contributed by atoms with Gasteiger partial charge in [-0.2, -0.15) is 0 Å². The van der Waals surface area contributed by atoms with Gasteiger partial charge >= 0.3 is 0 Å². The van der Waals surface area contributed by atoms with Crippen molar-refractivity contribution in [1.82, 2.24) is 5.32 Å². The Labute approximate surface area is 82.0 Å². The topological polar surface area (TPSA) is 21.3 Å². The van der Waals surface area contributed by atoms with E-state index in [4.69, 9.17) is 4.74 Å². The first-order valence-corrected chi connectivity index (χ1v) is 5.61. The fraction of sp³-hybridized carbons (Fsp3) is 1.00. The third-order valence-electron chi connectivity index (χ3n) is 2.85. The molecular formula is C11H23NO. The highest BCUT2D eigenvalue weighted by molar-refractivity contribution is 4.68. The molecular weight excluding hydrogens is 162 g/mol. The normalized spacial score (nSPS) is 25.8. The molecule has 1 fully saturated rings. The van der Waals surface area contributed by atoms with Crippen molar-refractivity contribution < 1.29 is 4.74 Å². The molecule has 13 heavy (non-hydrogen) atoms. The zero-order valence-corrected chi connectivity index (χ0v) is 9.01. The average Bonchev–Trinajstić information content (AvgIpc) is 2.19. The number of hydrogen-bond donors (Lipinski definition) is 1. The van der Waals surface area contributed by atoms with Gasteiger partial charge < -0.3 is 10.1 Å². The summed E-state index contributed by atoms with van der Waals surface area (Å²) in [5.41, 5.74) is 0. The van der Waals surface area contributed by atoms with Crippen LogP contribution in [-0.2, 0) is 4.74 Å². The Morgan fingerprint density at radius 2 is 2.38 bits per heavy atom. The van der Waals surface area contributed by atoms with E-state index in [1.54, 1.807) is 0 Å². The largest absolute Gasteiger partial charge is 0.381 e. The van der Waals surface area contributed by atoms with Crippen molar-refractivity contribution in [3.63, 3.8) is 0 Å². The van der Waals surface area contributed by atoms with Gasteiger partial charge in [0.15, 0.2) is 0 Å². The smallest absolute Gasteiger partial charge is 0.0506 e. The van der Waals surface area contributed by atoms with E-state index in [0.717, 1.165) is 31.6 Å². The SMILES string of the molecule is CCC(C)COCC1CCCNC1. The van der Waals surface area contributed by atoms with Crippen molar-refractivity contribution in [3.8, 4) is 0 Å². The lowest BCUT2D eigenvalue weighted by Gasteiger charge is -2.23. The minimum Gasteiger partial charge on any atom is -0.381 e. The van der Waals surface area contributed by atoms with Crippen LogP contribution in [0.25, 0.3) is 0 Å². The first kappa shape index (κ1) is 11.0. The van der Waals surface area contributed by atoms with Gasteiger partial charge in [-0.05, 0) is 31.2 Å². The first-order chi connectivity index (χ1) is 6.33. The van der Waals surface area contributed by atoms with Crippen molar-refractivity contribution in [2.75, 3.05) is 26.3 Å². The van der Waals surface area contributed by atoms with Gasteiger partial charge in [0.2, 0.25) is 0 Å². The van der Waals surface area contributed by atoms with Gasteiger partial charge in [-0.3, -0.25) is 0 Å². The van der Waals surface area contributed by atoms with E-state index in [-0.39, 0.29) is 0 Å². The molecule has 2 heteroatoms. The molecule has 1 aliphatic heterocycles. The second-order valence-corrected chi connectivity index (χ2v) is 4.26. The fourth-order valence-corrected chi connectivity index (χ4v) is 1.62. The molecule has 1 aliphatic rings. The molecule has 2 nitrogen and oxygen atoms in total. The van der Waals surface area contributed by atoms with Crippen LogP contribution in [0.3, 0.4) is 0 Å². The zero-order valence-electron chi connectivity index (χ0n) is 9.01. The summed E-state index contributed by atoms with van der Waals surface area (Å²) in [4.78, 5) is 0. The molecule has 0 spiro atoms. The second-order valence-electron chi connectivity index (χ2n) is 4.26. The lowest BCUT2D eigenvalue weighted by atomic mass is 10.0. The maximum absolute atomic E-state index is 5.69. The van der Waals surface area contributed by atoms with E-state index in [1.165, 1.54) is 25.8 Å². The Kier molecular flexibility index (Phi) is 5.40. The third-order valence-corrected chi connectivity index (χ3v) is 2.85. The summed E-state index contributed by atoms with van der Waals surface area (Å²) >= 11 is 0. The summed E-state index contributed by atoms with van der Waals surface area (Å²) in [5, 5.41) is 3.41. The minimum absolute atomic E-state index is 0.719. The van der Waals surface area contributed by atoms with Gasteiger partial charge in [-0.25, -0.2) is 0 Å². The number of rotatable bonds is 5. The third kappa shape index (κ3) is 4.63. The summed E-state index contributed by atoms with van der Waals surface area (Å²) in [7, 11) is 0. The quantitative estimate of drug-likeness (QED) is 0.708. The van der Waals surface area contributed by atoms with Crippen LogP contribution in [0.15, 0.2) is 0 Å². The van der Waals surface area contributed by atoms with Crippen LogP contribution in [0, 0.1) is 11.8 Å². The van der Waals surface area contributed by atoms with Crippen LogP contribution in [0.5, 0.6) is 0 Å². The summed E-state index contributed by atoms with van der Waals surface area (Å²) in [6, 6.07) is 0. The molecule has 1 saturated heterocycles. The van der Waals surface area contributed by atoms with E-state index < -0.39 is 0 Å². The molecule has 2 unspecified atom stereocenters. The van der Waals surface area contributed by atoms with Gasteiger partial charge in [0, 0.05) is 13.2 Å². The highest BCUT2D eigenvalue weighted by atomic mass is 16.5. The maximum atomic E-state index is 5.69. The zero-order chi connectivity index (χ0) is 9.52. The van der Waals surface area contributed by atoms with Gasteiger partial charge in [-0.1, -0.05) is 20.3 Å². The Bertz CT molecular complexity index is 121. The van der Waals surface area contributed by atoms with Crippen LogP contribution in [0.4, 0.5) is 0 Å². The lowest BCUT2D eigenvalue weighted by molar-refractivity contribution is 0.0672. The number of nitrogens with one attached hydrogen (secondary N) is 1. The molecule has 0 aromatic carbocycles. The number of ether oxygens (including phenoxy) is 1. The van der Waals surface area contributed by atoms with E-state index >= 15 is 0 Å². The molecule has 2 atom stereocenters. The summed E-state index contributed by atoms with van der Waals surface area (Å²) in [6.07, 6.45) is 3.88. The van der Waals surface area contributed by atoms with Crippen LogP contribution >= 0.6 is 0 Å². The Morgan fingerprint density at radius 3 is 3.00 bits per heavy atom.